The van der Waals surface area contributed by atoms with Gasteiger partial charge < -0.3 is 4.98 Å². The number of nitrogens with one attached hydrogen (secondary N) is 1. The molecule has 4 aromatic rings. The summed E-state index contributed by atoms with van der Waals surface area (Å²) in [7, 11) is 0. The van der Waals surface area contributed by atoms with Crippen LogP contribution in [0.1, 0.15) is 16.1 Å². The van der Waals surface area contributed by atoms with E-state index < -0.39 is 0 Å². The van der Waals surface area contributed by atoms with Crippen LogP contribution in [0.5, 0.6) is 0 Å². The predicted octanol–water partition coefficient (Wildman–Crippen LogP) is 3.95. The van der Waals surface area contributed by atoms with Crippen LogP contribution < -0.4 is 0 Å². The molecule has 0 aliphatic heterocycles. The molecule has 0 amide bonds. The van der Waals surface area contributed by atoms with Crippen molar-refractivity contribution in [1.29, 1.82) is 0 Å². The van der Waals surface area contributed by atoms with Gasteiger partial charge in [0.25, 0.3) is 0 Å². The summed E-state index contributed by atoms with van der Waals surface area (Å²) in [5.41, 5.74) is 2.18. The van der Waals surface area contributed by atoms with Gasteiger partial charge >= 0.3 is 0 Å². The molecule has 2 aromatic carbocycles. The summed E-state index contributed by atoms with van der Waals surface area (Å²) in [6.07, 6.45) is 3.41. The first-order chi connectivity index (χ1) is 10.3. The Morgan fingerprint density at radius 3 is 2.52 bits per heavy atom. The Hall–Kier alpha value is -2.94. The van der Waals surface area contributed by atoms with Crippen LogP contribution in [0.3, 0.4) is 0 Å². The average Bonchev–Trinajstić information content (AvgIpc) is 2.97. The van der Waals surface area contributed by atoms with Crippen LogP contribution in [0.25, 0.3) is 21.7 Å². The molecular formula is C18H12N2O. The Morgan fingerprint density at radius 2 is 1.67 bits per heavy atom. The van der Waals surface area contributed by atoms with E-state index >= 15 is 0 Å². The van der Waals surface area contributed by atoms with Crippen molar-refractivity contribution in [3.8, 4) is 0 Å². The fourth-order valence-electron chi connectivity index (χ4n) is 2.64. The van der Waals surface area contributed by atoms with Crippen LogP contribution >= 0.6 is 0 Å². The van der Waals surface area contributed by atoms with Gasteiger partial charge in [0, 0.05) is 28.7 Å². The van der Waals surface area contributed by atoms with Gasteiger partial charge in [-0.05, 0) is 17.5 Å². The minimum atomic E-state index is -0.0319. The largest absolute Gasteiger partial charge is 0.352 e. The number of carbonyl (C=O) groups excluding carboxylic acids is 1. The number of nitrogens with zero attached hydrogens (tertiary/aromatic N) is 1. The minimum absolute atomic E-state index is 0.0319. The number of carbonyl (C=O) groups is 1. The van der Waals surface area contributed by atoms with Crippen LogP contribution in [0.4, 0.5) is 0 Å². The predicted molar refractivity (Wildman–Crippen MR) is 83.5 cm³/mol. The van der Waals surface area contributed by atoms with Gasteiger partial charge in [0.2, 0.25) is 5.78 Å². The Labute approximate surface area is 121 Å². The maximum Gasteiger partial charge on any atom is 0.211 e. The zero-order valence-electron chi connectivity index (χ0n) is 11.2. The van der Waals surface area contributed by atoms with Gasteiger partial charge in [0.05, 0.1) is 11.3 Å². The molecule has 0 saturated heterocycles. The molecule has 0 fully saturated rings. The van der Waals surface area contributed by atoms with Crippen molar-refractivity contribution in [1.82, 2.24) is 9.97 Å². The maximum atomic E-state index is 12.8. The Bertz CT molecular complexity index is 931. The molecule has 0 aliphatic carbocycles. The standard InChI is InChI=1S/C18H12N2O/c21-18(17-9-12-5-2-4-8-16(12)20-17)15-11-19-10-13-6-1-3-7-14(13)15/h1-11,20H. The van der Waals surface area contributed by atoms with Gasteiger partial charge in [0.15, 0.2) is 0 Å². The third kappa shape index (κ3) is 1.91. The van der Waals surface area contributed by atoms with E-state index in [1.165, 1.54) is 0 Å². The molecule has 1 N–H and O–H groups in total. The lowest BCUT2D eigenvalue weighted by Crippen LogP contribution is -2.03. The molecule has 3 nitrogen and oxygen atoms in total. The number of pyridine rings is 1. The second-order valence-electron chi connectivity index (χ2n) is 5.01. The topological polar surface area (TPSA) is 45.8 Å². The molecule has 2 heterocycles. The molecule has 0 unspecified atom stereocenters. The van der Waals surface area contributed by atoms with Crippen molar-refractivity contribution in [3.63, 3.8) is 0 Å². The number of hydrogen-bond acceptors (Lipinski definition) is 2. The van der Waals surface area contributed by atoms with Gasteiger partial charge in [-0.2, -0.15) is 0 Å². The lowest BCUT2D eigenvalue weighted by atomic mass is 10.0. The van der Waals surface area contributed by atoms with Crippen LogP contribution in [0, 0.1) is 0 Å². The highest BCUT2D eigenvalue weighted by atomic mass is 16.1. The van der Waals surface area contributed by atoms with Gasteiger partial charge in [-0.15, -0.1) is 0 Å². The molecule has 4 rings (SSSR count). The van der Waals surface area contributed by atoms with Crippen molar-refractivity contribution in [2.75, 3.05) is 0 Å². The number of H-pyrrole nitrogens is 1. The van der Waals surface area contributed by atoms with E-state index in [9.17, 15) is 4.79 Å². The Kier molecular flexibility index (Phi) is 2.57. The summed E-state index contributed by atoms with van der Waals surface area (Å²) < 4.78 is 0. The van der Waals surface area contributed by atoms with Crippen molar-refractivity contribution in [2.45, 2.75) is 0 Å². The lowest BCUT2D eigenvalue weighted by Gasteiger charge is -2.03. The van der Waals surface area contributed by atoms with E-state index in [4.69, 9.17) is 0 Å². The molecule has 3 heteroatoms. The van der Waals surface area contributed by atoms with Crippen LogP contribution in [-0.2, 0) is 0 Å². The van der Waals surface area contributed by atoms with Crippen molar-refractivity contribution in [3.05, 3.63) is 78.2 Å². The van der Waals surface area contributed by atoms with E-state index in [0.717, 1.165) is 21.7 Å². The van der Waals surface area contributed by atoms with Gasteiger partial charge in [-0.1, -0.05) is 42.5 Å². The Balaban J connectivity index is 1.90. The number of rotatable bonds is 2. The second-order valence-corrected chi connectivity index (χ2v) is 5.01. The highest BCUT2D eigenvalue weighted by Gasteiger charge is 2.15. The summed E-state index contributed by atoms with van der Waals surface area (Å²) >= 11 is 0. The zero-order chi connectivity index (χ0) is 14.2. The molecule has 2 aromatic heterocycles. The number of aromatic nitrogens is 2. The SMILES string of the molecule is O=C(c1cc2ccccc2[nH]1)c1cncc2ccccc12. The molecule has 0 bridgehead atoms. The lowest BCUT2D eigenvalue weighted by molar-refractivity contribution is 0.103. The monoisotopic (exact) mass is 272 g/mol. The smallest absolute Gasteiger partial charge is 0.211 e. The molecule has 0 aliphatic rings. The number of hydrogen-bond donors (Lipinski definition) is 1. The molecule has 21 heavy (non-hydrogen) atoms. The Morgan fingerprint density at radius 1 is 0.905 bits per heavy atom. The van der Waals surface area contributed by atoms with Gasteiger partial charge in [0.1, 0.15) is 0 Å². The number of fused-ring (bicyclic) bond motifs is 2. The van der Waals surface area contributed by atoms with E-state index in [1.54, 1.807) is 12.4 Å². The van der Waals surface area contributed by atoms with Crippen LogP contribution in [0.15, 0.2) is 67.0 Å². The van der Waals surface area contributed by atoms with E-state index in [0.29, 0.717) is 11.3 Å². The zero-order valence-corrected chi connectivity index (χ0v) is 11.2. The third-order valence-corrected chi connectivity index (χ3v) is 3.69. The summed E-state index contributed by atoms with van der Waals surface area (Å²) in [4.78, 5) is 20.1. The first kappa shape index (κ1) is 11.9. The molecule has 100 valence electrons. The fraction of sp³-hybridized carbons (Fsp3) is 0. The number of ketones is 1. The summed E-state index contributed by atoms with van der Waals surface area (Å²) in [5, 5.41) is 2.93. The summed E-state index contributed by atoms with van der Waals surface area (Å²) in [6.45, 7) is 0. The second kappa shape index (κ2) is 4.56. The summed E-state index contributed by atoms with van der Waals surface area (Å²) in [5.74, 6) is -0.0319. The highest BCUT2D eigenvalue weighted by Crippen LogP contribution is 2.22. The van der Waals surface area contributed by atoms with E-state index in [2.05, 4.69) is 9.97 Å². The van der Waals surface area contributed by atoms with Crippen molar-refractivity contribution >= 4 is 27.5 Å². The number of para-hydroxylation sites is 1. The molecule has 0 spiro atoms. The fourth-order valence-corrected chi connectivity index (χ4v) is 2.64. The van der Waals surface area contributed by atoms with Crippen molar-refractivity contribution < 1.29 is 4.79 Å². The van der Waals surface area contributed by atoms with Gasteiger partial charge in [-0.3, -0.25) is 9.78 Å². The van der Waals surface area contributed by atoms with Crippen LogP contribution in [0.2, 0.25) is 0 Å². The molecule has 0 atom stereocenters. The quantitative estimate of drug-likeness (QED) is 0.562. The molecule has 0 saturated carbocycles. The molecular weight excluding hydrogens is 260 g/mol. The van der Waals surface area contributed by atoms with E-state index in [-0.39, 0.29) is 5.78 Å². The average molecular weight is 272 g/mol. The first-order valence-corrected chi connectivity index (χ1v) is 6.78. The normalized spacial score (nSPS) is 11.0. The van der Waals surface area contributed by atoms with Crippen molar-refractivity contribution in [2.24, 2.45) is 0 Å². The third-order valence-electron chi connectivity index (χ3n) is 3.69. The van der Waals surface area contributed by atoms with Gasteiger partial charge in [-0.25, -0.2) is 0 Å². The molecule has 0 radical (unpaired) electrons. The summed E-state index contributed by atoms with van der Waals surface area (Å²) in [6, 6.07) is 17.6. The first-order valence-electron chi connectivity index (χ1n) is 6.78. The van der Waals surface area contributed by atoms with E-state index in [1.807, 2.05) is 54.6 Å². The maximum absolute atomic E-state index is 12.8. The minimum Gasteiger partial charge on any atom is -0.352 e. The number of benzene rings is 2. The highest BCUT2D eigenvalue weighted by molar-refractivity contribution is 6.16. The number of aromatic amines is 1. The van der Waals surface area contributed by atoms with Crippen LogP contribution in [-0.4, -0.2) is 15.8 Å².